The Hall–Kier alpha value is -1.21. The van der Waals surface area contributed by atoms with E-state index >= 15 is 0 Å². The molecule has 0 aromatic heterocycles. The van der Waals surface area contributed by atoms with Gasteiger partial charge in [-0.1, -0.05) is 12.1 Å². The molecule has 1 fully saturated rings. The summed E-state index contributed by atoms with van der Waals surface area (Å²) in [4.78, 5) is 11.8. The van der Waals surface area contributed by atoms with E-state index in [1.807, 2.05) is 0 Å². The lowest BCUT2D eigenvalue weighted by Crippen LogP contribution is -2.48. The first-order valence-electron chi connectivity index (χ1n) is 6.21. The van der Waals surface area contributed by atoms with E-state index in [0.29, 0.717) is 0 Å². The summed E-state index contributed by atoms with van der Waals surface area (Å²) in [6, 6.07) is 5.86. The van der Waals surface area contributed by atoms with Crippen molar-refractivity contribution < 1.29 is 18.0 Å². The minimum absolute atomic E-state index is 0.0203. The predicted octanol–water partition coefficient (Wildman–Crippen LogP) is 3.51. The number of carbonyl (C=O) groups is 1. The second-order valence-electron chi connectivity index (χ2n) is 4.98. The maximum absolute atomic E-state index is 12.4. The van der Waals surface area contributed by atoms with Gasteiger partial charge in [0.1, 0.15) is 0 Å². The molecule has 110 valence electrons. The molecular formula is C13H15F3N2OS. The molecule has 0 aliphatic heterocycles. The average Bonchev–Trinajstić information content (AvgIpc) is 2.27. The zero-order valence-corrected chi connectivity index (χ0v) is 11.5. The van der Waals surface area contributed by atoms with Crippen LogP contribution in [0.4, 0.5) is 18.9 Å². The number of thioether (sulfide) groups is 1. The highest BCUT2D eigenvalue weighted by atomic mass is 32.2. The zero-order chi connectivity index (χ0) is 14.8. The number of alkyl halides is 3. The number of para-hydroxylation sites is 1. The van der Waals surface area contributed by atoms with Crippen LogP contribution < -0.4 is 11.1 Å². The van der Waals surface area contributed by atoms with Crippen molar-refractivity contribution in [3.05, 3.63) is 24.3 Å². The largest absolute Gasteiger partial charge is 0.446 e. The summed E-state index contributed by atoms with van der Waals surface area (Å²) in [5.74, 6) is -0.345. The van der Waals surface area contributed by atoms with Crippen molar-refractivity contribution in [2.24, 2.45) is 5.73 Å². The predicted molar refractivity (Wildman–Crippen MR) is 72.4 cm³/mol. The smallest absolute Gasteiger partial charge is 0.325 e. The monoisotopic (exact) mass is 304 g/mol. The molecule has 0 atom stereocenters. The standard InChI is InChI=1S/C13H15F3N2OS/c14-13(15,16)20-10-5-2-1-4-9(10)18-11(19)8-12(17)6-3-7-12/h1-2,4-5H,3,6-8,17H2,(H,18,19). The van der Waals surface area contributed by atoms with Gasteiger partial charge in [-0.05, 0) is 43.2 Å². The Balaban J connectivity index is 2.03. The molecule has 0 radical (unpaired) electrons. The summed E-state index contributed by atoms with van der Waals surface area (Å²) in [6.45, 7) is 0. The number of hydrogen-bond donors (Lipinski definition) is 2. The fraction of sp³-hybridized carbons (Fsp3) is 0.462. The van der Waals surface area contributed by atoms with Crippen molar-refractivity contribution in [2.45, 2.75) is 41.6 Å². The minimum atomic E-state index is -4.39. The molecule has 1 aromatic rings. The maximum atomic E-state index is 12.4. The van der Waals surface area contributed by atoms with E-state index in [9.17, 15) is 18.0 Å². The van der Waals surface area contributed by atoms with Crippen molar-refractivity contribution in [2.75, 3.05) is 5.32 Å². The number of hydrogen-bond acceptors (Lipinski definition) is 3. The quantitative estimate of drug-likeness (QED) is 0.837. The molecule has 0 saturated heterocycles. The molecule has 2 rings (SSSR count). The second-order valence-corrected chi connectivity index (χ2v) is 6.09. The SMILES string of the molecule is NC1(CC(=O)Nc2ccccc2SC(F)(F)F)CCC1. The van der Waals surface area contributed by atoms with Crippen LogP contribution in [-0.4, -0.2) is 17.0 Å². The van der Waals surface area contributed by atoms with Gasteiger partial charge in [0.2, 0.25) is 5.91 Å². The number of benzene rings is 1. The maximum Gasteiger partial charge on any atom is 0.446 e. The van der Waals surface area contributed by atoms with Crippen LogP contribution in [0.1, 0.15) is 25.7 Å². The topological polar surface area (TPSA) is 55.1 Å². The number of rotatable bonds is 4. The van der Waals surface area contributed by atoms with Gasteiger partial charge < -0.3 is 11.1 Å². The first kappa shape index (κ1) is 15.2. The van der Waals surface area contributed by atoms with Crippen LogP contribution in [0.5, 0.6) is 0 Å². The summed E-state index contributed by atoms with van der Waals surface area (Å²) in [6.07, 6.45) is 2.68. The summed E-state index contributed by atoms with van der Waals surface area (Å²) in [7, 11) is 0. The summed E-state index contributed by atoms with van der Waals surface area (Å²) in [5.41, 5.74) is 1.25. The highest BCUT2D eigenvalue weighted by Crippen LogP contribution is 2.40. The van der Waals surface area contributed by atoms with Gasteiger partial charge in [-0.15, -0.1) is 0 Å². The van der Waals surface area contributed by atoms with Crippen molar-refractivity contribution in [3.8, 4) is 0 Å². The van der Waals surface area contributed by atoms with Crippen molar-refractivity contribution >= 4 is 23.4 Å². The van der Waals surface area contributed by atoms with E-state index in [0.717, 1.165) is 19.3 Å². The lowest BCUT2D eigenvalue weighted by molar-refractivity contribution is -0.118. The number of amides is 1. The first-order valence-corrected chi connectivity index (χ1v) is 7.03. The van der Waals surface area contributed by atoms with Crippen LogP contribution in [-0.2, 0) is 4.79 Å². The molecule has 3 N–H and O–H groups in total. The molecule has 7 heteroatoms. The van der Waals surface area contributed by atoms with Crippen LogP contribution in [0.3, 0.4) is 0 Å². The molecule has 0 heterocycles. The number of carbonyl (C=O) groups excluding carboxylic acids is 1. The summed E-state index contributed by atoms with van der Waals surface area (Å²) >= 11 is -0.239. The van der Waals surface area contributed by atoms with Crippen LogP contribution >= 0.6 is 11.8 Å². The lowest BCUT2D eigenvalue weighted by atomic mass is 9.75. The van der Waals surface area contributed by atoms with Gasteiger partial charge in [-0.2, -0.15) is 13.2 Å². The minimum Gasteiger partial charge on any atom is -0.325 e. The molecule has 3 nitrogen and oxygen atoms in total. The van der Waals surface area contributed by atoms with Gasteiger partial charge in [0.25, 0.3) is 0 Å². The van der Waals surface area contributed by atoms with Crippen molar-refractivity contribution in [1.29, 1.82) is 0 Å². The van der Waals surface area contributed by atoms with Crippen LogP contribution in [0.15, 0.2) is 29.2 Å². The Morgan fingerprint density at radius 2 is 2.00 bits per heavy atom. The Kier molecular flexibility index (Phi) is 4.29. The van der Waals surface area contributed by atoms with E-state index < -0.39 is 11.0 Å². The number of halogens is 3. The van der Waals surface area contributed by atoms with Crippen LogP contribution in [0.25, 0.3) is 0 Å². The lowest BCUT2D eigenvalue weighted by Gasteiger charge is -2.37. The molecule has 1 aromatic carbocycles. The van der Waals surface area contributed by atoms with E-state index in [1.165, 1.54) is 18.2 Å². The highest BCUT2D eigenvalue weighted by molar-refractivity contribution is 8.00. The number of nitrogens with two attached hydrogens (primary N) is 1. The normalized spacial score (nSPS) is 17.4. The molecule has 1 aliphatic rings. The highest BCUT2D eigenvalue weighted by Gasteiger charge is 2.35. The molecule has 0 bridgehead atoms. The molecule has 1 aliphatic carbocycles. The molecule has 1 amide bonds. The first-order chi connectivity index (χ1) is 9.27. The van der Waals surface area contributed by atoms with Gasteiger partial charge >= 0.3 is 5.51 Å². The van der Waals surface area contributed by atoms with E-state index in [-0.39, 0.29) is 34.7 Å². The Labute approximate surface area is 119 Å². The summed E-state index contributed by atoms with van der Waals surface area (Å²) < 4.78 is 37.3. The Bertz CT molecular complexity index is 501. The van der Waals surface area contributed by atoms with E-state index in [2.05, 4.69) is 5.32 Å². The van der Waals surface area contributed by atoms with Gasteiger partial charge in [-0.3, -0.25) is 4.79 Å². The van der Waals surface area contributed by atoms with Crippen LogP contribution in [0.2, 0.25) is 0 Å². The van der Waals surface area contributed by atoms with E-state index in [1.54, 1.807) is 6.07 Å². The van der Waals surface area contributed by atoms with Gasteiger partial charge in [0, 0.05) is 16.9 Å². The molecule has 1 saturated carbocycles. The molecular weight excluding hydrogens is 289 g/mol. The van der Waals surface area contributed by atoms with Gasteiger partial charge in [0.05, 0.1) is 5.69 Å². The third-order valence-corrected chi connectivity index (χ3v) is 4.06. The fourth-order valence-corrected chi connectivity index (χ4v) is 2.73. The third kappa shape index (κ3) is 4.14. The third-order valence-electron chi connectivity index (χ3n) is 3.25. The van der Waals surface area contributed by atoms with Crippen molar-refractivity contribution in [3.63, 3.8) is 0 Å². The Morgan fingerprint density at radius 3 is 2.55 bits per heavy atom. The molecule has 0 unspecified atom stereocenters. The number of nitrogens with one attached hydrogen (secondary N) is 1. The Morgan fingerprint density at radius 1 is 1.35 bits per heavy atom. The van der Waals surface area contributed by atoms with Gasteiger partial charge in [-0.25, -0.2) is 0 Å². The summed E-state index contributed by atoms with van der Waals surface area (Å²) in [5, 5.41) is 2.52. The molecule has 0 spiro atoms. The van der Waals surface area contributed by atoms with Gasteiger partial charge in [0.15, 0.2) is 0 Å². The molecule has 20 heavy (non-hydrogen) atoms. The van der Waals surface area contributed by atoms with Crippen LogP contribution in [0, 0.1) is 0 Å². The second kappa shape index (κ2) is 5.65. The van der Waals surface area contributed by atoms with E-state index in [4.69, 9.17) is 5.73 Å². The zero-order valence-electron chi connectivity index (χ0n) is 10.7. The average molecular weight is 304 g/mol. The number of anilines is 1. The fourth-order valence-electron chi connectivity index (χ4n) is 2.11. The van der Waals surface area contributed by atoms with Crippen molar-refractivity contribution in [1.82, 2.24) is 0 Å².